The maximum atomic E-state index is 13.1. The molecule has 2 aromatic carbocycles. The summed E-state index contributed by atoms with van der Waals surface area (Å²) in [5, 5.41) is 8.99. The van der Waals surface area contributed by atoms with Crippen molar-refractivity contribution < 1.29 is 23.5 Å². The molecule has 3 aromatic rings. The molecule has 8 heteroatoms. The minimum Gasteiger partial charge on any atom is -0.478 e. The molecule has 2 heterocycles. The zero-order valence-electron chi connectivity index (χ0n) is 15.4. The fourth-order valence-corrected chi connectivity index (χ4v) is 4.14. The van der Waals surface area contributed by atoms with Gasteiger partial charge >= 0.3 is 5.97 Å². The van der Waals surface area contributed by atoms with E-state index in [-0.39, 0.29) is 23.8 Å². The standard InChI is InChI=1S/C22H14FNO4S2/c23-16-7-1-13(2-8-16)12-24-20(25)19(30-22(24)29)11-17-9-10-18(28-17)14-3-5-15(6-4-14)21(26)27/h1-11H,12H2,(H,26,27). The Morgan fingerprint density at radius 3 is 2.47 bits per heavy atom. The zero-order chi connectivity index (χ0) is 21.3. The van der Waals surface area contributed by atoms with Crippen molar-refractivity contribution in [1.82, 2.24) is 4.90 Å². The Labute approximate surface area is 180 Å². The van der Waals surface area contributed by atoms with Crippen molar-refractivity contribution >= 4 is 46.3 Å². The highest BCUT2D eigenvalue weighted by molar-refractivity contribution is 8.26. The zero-order valence-corrected chi connectivity index (χ0v) is 17.0. The van der Waals surface area contributed by atoms with Crippen LogP contribution in [0.4, 0.5) is 4.39 Å². The third-order valence-corrected chi connectivity index (χ3v) is 5.82. The smallest absolute Gasteiger partial charge is 0.335 e. The van der Waals surface area contributed by atoms with Crippen molar-refractivity contribution in [2.75, 3.05) is 0 Å². The van der Waals surface area contributed by atoms with E-state index >= 15 is 0 Å². The van der Waals surface area contributed by atoms with Crippen molar-refractivity contribution in [2.45, 2.75) is 6.54 Å². The number of hydrogen-bond donors (Lipinski definition) is 1. The number of halogens is 1. The lowest BCUT2D eigenvalue weighted by Crippen LogP contribution is -2.27. The number of nitrogens with zero attached hydrogens (tertiary/aromatic N) is 1. The average Bonchev–Trinajstić information content (AvgIpc) is 3.30. The van der Waals surface area contributed by atoms with Gasteiger partial charge in [0.1, 0.15) is 21.7 Å². The van der Waals surface area contributed by atoms with E-state index in [0.29, 0.717) is 20.7 Å². The second kappa shape index (κ2) is 8.25. The predicted molar refractivity (Wildman–Crippen MR) is 116 cm³/mol. The van der Waals surface area contributed by atoms with Crippen LogP contribution in [0.1, 0.15) is 21.7 Å². The van der Waals surface area contributed by atoms with Crippen molar-refractivity contribution in [2.24, 2.45) is 0 Å². The average molecular weight is 439 g/mol. The predicted octanol–water partition coefficient (Wildman–Crippen LogP) is 5.19. The molecule has 1 fully saturated rings. The van der Waals surface area contributed by atoms with Gasteiger partial charge in [-0.05, 0) is 42.0 Å². The lowest BCUT2D eigenvalue weighted by Gasteiger charge is -2.14. The summed E-state index contributed by atoms with van der Waals surface area (Å²) >= 11 is 6.50. The monoisotopic (exact) mass is 439 g/mol. The summed E-state index contributed by atoms with van der Waals surface area (Å²) in [6, 6.07) is 15.7. The Balaban J connectivity index is 1.51. The number of rotatable bonds is 5. The van der Waals surface area contributed by atoms with Crippen molar-refractivity contribution in [3.05, 3.63) is 88.3 Å². The molecule has 0 aliphatic carbocycles. The summed E-state index contributed by atoms with van der Waals surface area (Å²) in [5.74, 6) is -0.535. The Morgan fingerprint density at radius 1 is 1.10 bits per heavy atom. The van der Waals surface area contributed by atoms with Crippen LogP contribution in [0.5, 0.6) is 0 Å². The van der Waals surface area contributed by atoms with E-state index in [4.69, 9.17) is 21.7 Å². The van der Waals surface area contributed by atoms with Crippen LogP contribution < -0.4 is 0 Å². The van der Waals surface area contributed by atoms with Crippen molar-refractivity contribution in [1.29, 1.82) is 0 Å². The van der Waals surface area contributed by atoms with Gasteiger partial charge in [-0.3, -0.25) is 9.69 Å². The van der Waals surface area contributed by atoms with Crippen LogP contribution in [0.2, 0.25) is 0 Å². The second-order valence-electron chi connectivity index (χ2n) is 6.48. The number of hydrogen-bond acceptors (Lipinski definition) is 5. The van der Waals surface area contributed by atoms with Crippen LogP contribution in [0, 0.1) is 5.82 Å². The highest BCUT2D eigenvalue weighted by Crippen LogP contribution is 2.34. The van der Waals surface area contributed by atoms with Gasteiger partial charge in [0.15, 0.2) is 0 Å². The minimum atomic E-state index is -0.996. The molecule has 5 nitrogen and oxygen atoms in total. The summed E-state index contributed by atoms with van der Waals surface area (Å²) < 4.78 is 19.3. The molecule has 30 heavy (non-hydrogen) atoms. The lowest BCUT2D eigenvalue weighted by molar-refractivity contribution is -0.122. The highest BCUT2D eigenvalue weighted by atomic mass is 32.2. The quantitative estimate of drug-likeness (QED) is 0.436. The number of benzene rings is 2. The molecule has 1 amide bonds. The lowest BCUT2D eigenvalue weighted by atomic mass is 10.1. The van der Waals surface area contributed by atoms with Crippen molar-refractivity contribution in [3.63, 3.8) is 0 Å². The fourth-order valence-electron chi connectivity index (χ4n) is 2.90. The van der Waals surface area contributed by atoms with E-state index in [0.717, 1.165) is 11.1 Å². The number of furan rings is 1. The number of carbonyl (C=O) groups excluding carboxylic acids is 1. The molecule has 0 saturated carbocycles. The van der Waals surface area contributed by atoms with E-state index < -0.39 is 5.97 Å². The first-order valence-electron chi connectivity index (χ1n) is 8.84. The second-order valence-corrected chi connectivity index (χ2v) is 8.15. The molecule has 0 unspecified atom stereocenters. The van der Waals surface area contributed by atoms with E-state index in [1.54, 1.807) is 42.5 Å². The highest BCUT2D eigenvalue weighted by Gasteiger charge is 2.32. The number of aromatic carboxylic acids is 1. The van der Waals surface area contributed by atoms with E-state index in [1.807, 2.05) is 0 Å². The number of thioether (sulfide) groups is 1. The summed E-state index contributed by atoms with van der Waals surface area (Å²) in [6.07, 6.45) is 1.62. The third kappa shape index (κ3) is 4.19. The molecule has 4 rings (SSSR count). The molecular weight excluding hydrogens is 425 g/mol. The van der Waals surface area contributed by atoms with E-state index in [1.165, 1.54) is 40.9 Å². The van der Waals surface area contributed by atoms with Crippen LogP contribution in [0.3, 0.4) is 0 Å². The third-order valence-electron chi connectivity index (χ3n) is 4.44. The normalized spacial score (nSPS) is 15.2. The first-order valence-corrected chi connectivity index (χ1v) is 10.1. The van der Waals surface area contributed by atoms with Gasteiger partial charge in [0.2, 0.25) is 0 Å². The van der Waals surface area contributed by atoms with Gasteiger partial charge in [-0.25, -0.2) is 9.18 Å². The van der Waals surface area contributed by atoms with Crippen LogP contribution in [0.25, 0.3) is 17.4 Å². The first kappa shape index (κ1) is 20.1. The minimum absolute atomic E-state index is 0.190. The van der Waals surface area contributed by atoms with Crippen LogP contribution >= 0.6 is 24.0 Å². The summed E-state index contributed by atoms with van der Waals surface area (Å²) in [4.78, 5) is 25.6. The molecule has 1 N–H and O–H groups in total. The van der Waals surface area contributed by atoms with Gasteiger partial charge in [0, 0.05) is 11.6 Å². The Morgan fingerprint density at radius 2 is 1.80 bits per heavy atom. The van der Waals surface area contributed by atoms with Gasteiger partial charge in [-0.2, -0.15) is 0 Å². The van der Waals surface area contributed by atoms with Gasteiger partial charge in [0.05, 0.1) is 17.0 Å². The molecular formula is C22H14FNO4S2. The molecule has 0 bridgehead atoms. The van der Waals surface area contributed by atoms with Gasteiger partial charge in [0.25, 0.3) is 5.91 Å². The number of amides is 1. The molecule has 1 saturated heterocycles. The topological polar surface area (TPSA) is 70.8 Å². The summed E-state index contributed by atoms with van der Waals surface area (Å²) in [6.45, 7) is 0.265. The molecule has 150 valence electrons. The molecule has 0 spiro atoms. The maximum Gasteiger partial charge on any atom is 0.335 e. The number of carbonyl (C=O) groups is 2. The van der Waals surface area contributed by atoms with Crippen LogP contribution in [0.15, 0.2) is 70.0 Å². The molecule has 0 radical (unpaired) electrons. The first-order chi connectivity index (χ1) is 14.4. The van der Waals surface area contributed by atoms with Gasteiger partial charge in [-0.15, -0.1) is 0 Å². The molecule has 1 aliphatic rings. The van der Waals surface area contributed by atoms with Crippen molar-refractivity contribution in [3.8, 4) is 11.3 Å². The Hall–Kier alpha value is -3.23. The summed E-state index contributed by atoms with van der Waals surface area (Å²) in [7, 11) is 0. The Kier molecular flexibility index (Phi) is 5.52. The summed E-state index contributed by atoms with van der Waals surface area (Å²) in [5.41, 5.74) is 1.69. The van der Waals surface area contributed by atoms with Crippen LogP contribution in [-0.2, 0) is 11.3 Å². The van der Waals surface area contributed by atoms with Crippen LogP contribution in [-0.4, -0.2) is 26.2 Å². The molecule has 0 atom stereocenters. The maximum absolute atomic E-state index is 13.1. The van der Waals surface area contributed by atoms with E-state index in [2.05, 4.69) is 0 Å². The largest absolute Gasteiger partial charge is 0.478 e. The number of thiocarbonyl (C=S) groups is 1. The Bertz CT molecular complexity index is 1170. The SMILES string of the molecule is O=C(O)c1ccc(-c2ccc(C=C3SC(=S)N(Cc4ccc(F)cc4)C3=O)o2)cc1. The van der Waals surface area contributed by atoms with Gasteiger partial charge in [-0.1, -0.05) is 48.2 Å². The molecule has 1 aliphatic heterocycles. The fraction of sp³-hybridized carbons (Fsp3) is 0.0455. The number of carboxylic acid groups (broad SMARTS) is 1. The number of carboxylic acids is 1. The molecule has 1 aromatic heterocycles. The van der Waals surface area contributed by atoms with E-state index in [9.17, 15) is 14.0 Å². The van der Waals surface area contributed by atoms with Gasteiger partial charge < -0.3 is 9.52 Å².